The van der Waals surface area contributed by atoms with E-state index in [-0.39, 0.29) is 6.42 Å². The average molecular weight is 364 g/mol. The topological polar surface area (TPSA) is 201 Å². The molecular formula is C5H8BO12P3-4. The second-order valence-electron chi connectivity index (χ2n) is 3.82. The zero-order valence-corrected chi connectivity index (χ0v) is 12.7. The number of ether oxygens (including phenoxy) is 1. The second kappa shape index (κ2) is 6.88. The van der Waals surface area contributed by atoms with Crippen molar-refractivity contribution in [2.75, 3.05) is 6.61 Å². The molecule has 16 heteroatoms. The van der Waals surface area contributed by atoms with Gasteiger partial charge in [-0.1, -0.05) is 0 Å². The molecule has 1 aliphatic rings. The second-order valence-corrected chi connectivity index (χ2v) is 8.06. The zero-order valence-electron chi connectivity index (χ0n) is 10.0. The zero-order chi connectivity index (χ0) is 16.5. The van der Waals surface area contributed by atoms with Crippen LogP contribution in [0.25, 0.3) is 0 Å². The van der Waals surface area contributed by atoms with E-state index in [1.54, 1.807) is 0 Å². The standard InChI is InChI=1S/C5H12BO12P3/c6-5-1-3(7)4(16-5)2-15-20(11,12)18-21(13,14)17-19(8,9)10/h3-5,7H,1-2H2,(H,11,12)(H,13,14)(H2,8,9,10)/p-4. The Morgan fingerprint density at radius 3 is 2.14 bits per heavy atom. The largest absolute Gasteiger partial charge is 0.790 e. The molecule has 0 amide bonds. The van der Waals surface area contributed by atoms with Crippen molar-refractivity contribution in [3.63, 3.8) is 0 Å². The van der Waals surface area contributed by atoms with Gasteiger partial charge in [-0.2, -0.15) is 0 Å². The normalized spacial score (nSPS) is 32.5. The van der Waals surface area contributed by atoms with Gasteiger partial charge in [0, 0.05) is 6.00 Å². The Kier molecular flexibility index (Phi) is 6.37. The number of hydrogen-bond donors (Lipinski definition) is 1. The quantitative estimate of drug-likeness (QED) is 0.345. The van der Waals surface area contributed by atoms with E-state index < -0.39 is 48.3 Å². The van der Waals surface area contributed by atoms with Crippen LogP contribution in [-0.2, 0) is 31.6 Å². The van der Waals surface area contributed by atoms with Gasteiger partial charge in [0.1, 0.15) is 14.0 Å². The first-order valence-corrected chi connectivity index (χ1v) is 9.48. The minimum atomic E-state index is -6.03. The van der Waals surface area contributed by atoms with Crippen LogP contribution in [0, 0.1) is 0 Å². The van der Waals surface area contributed by atoms with E-state index in [9.17, 15) is 38.4 Å². The molecule has 5 atom stereocenters. The number of phosphoric acid groups is 3. The van der Waals surface area contributed by atoms with Gasteiger partial charge in [-0.15, -0.1) is 0 Å². The fourth-order valence-electron chi connectivity index (χ4n) is 1.36. The van der Waals surface area contributed by atoms with Gasteiger partial charge in [0.15, 0.2) is 0 Å². The summed E-state index contributed by atoms with van der Waals surface area (Å²) in [4.78, 5) is 42.1. The summed E-state index contributed by atoms with van der Waals surface area (Å²) in [7, 11) is -12.3. The Bertz CT molecular complexity index is 503. The van der Waals surface area contributed by atoms with Gasteiger partial charge < -0.3 is 38.5 Å². The van der Waals surface area contributed by atoms with E-state index in [2.05, 4.69) is 13.1 Å². The lowest BCUT2D eigenvalue weighted by atomic mass is 9.96. The summed E-state index contributed by atoms with van der Waals surface area (Å²) in [6.07, 6.45) is -2.32. The van der Waals surface area contributed by atoms with E-state index in [0.29, 0.717) is 0 Å². The third-order valence-corrected chi connectivity index (χ3v) is 5.71. The smallest absolute Gasteiger partial charge is 0.278 e. The number of aliphatic hydroxyl groups is 1. The molecule has 1 saturated heterocycles. The maximum absolute atomic E-state index is 11.1. The lowest BCUT2D eigenvalue weighted by Gasteiger charge is -2.37. The predicted molar refractivity (Wildman–Crippen MR) is 56.0 cm³/mol. The van der Waals surface area contributed by atoms with Crippen LogP contribution >= 0.6 is 23.5 Å². The van der Waals surface area contributed by atoms with E-state index in [0.717, 1.165) is 0 Å². The number of hydrogen-bond acceptors (Lipinski definition) is 12. The molecule has 2 radical (unpaired) electrons. The van der Waals surface area contributed by atoms with Crippen LogP contribution in [0.3, 0.4) is 0 Å². The Morgan fingerprint density at radius 1 is 1.14 bits per heavy atom. The molecule has 0 bridgehead atoms. The monoisotopic (exact) mass is 364 g/mol. The minimum absolute atomic E-state index is 0.00323. The van der Waals surface area contributed by atoms with Crippen LogP contribution in [0.4, 0.5) is 0 Å². The summed E-state index contributed by atoms with van der Waals surface area (Å²) in [5.74, 6) is 0. The third kappa shape index (κ3) is 7.47. The van der Waals surface area contributed by atoms with Crippen molar-refractivity contribution in [1.29, 1.82) is 0 Å². The van der Waals surface area contributed by atoms with Crippen LogP contribution in [-0.4, -0.2) is 37.8 Å². The minimum Gasteiger partial charge on any atom is -0.790 e. The predicted octanol–water partition coefficient (Wildman–Crippen LogP) is -3.55. The van der Waals surface area contributed by atoms with Crippen molar-refractivity contribution >= 4 is 31.3 Å². The van der Waals surface area contributed by atoms with Crippen molar-refractivity contribution in [1.82, 2.24) is 0 Å². The van der Waals surface area contributed by atoms with E-state index >= 15 is 0 Å². The van der Waals surface area contributed by atoms with Crippen LogP contribution in [0.5, 0.6) is 0 Å². The van der Waals surface area contributed by atoms with Gasteiger partial charge in [0.2, 0.25) is 0 Å². The highest BCUT2D eigenvalue weighted by atomic mass is 31.3. The summed E-state index contributed by atoms with van der Waals surface area (Å²) >= 11 is 0. The van der Waals surface area contributed by atoms with Crippen molar-refractivity contribution < 1.29 is 56.3 Å². The molecule has 0 aromatic carbocycles. The molecule has 0 aliphatic carbocycles. The molecular weight excluding hydrogens is 356 g/mol. The highest BCUT2D eigenvalue weighted by Gasteiger charge is 2.32. The average Bonchev–Trinajstić information content (AvgIpc) is 2.48. The Morgan fingerprint density at radius 2 is 1.71 bits per heavy atom. The van der Waals surface area contributed by atoms with Gasteiger partial charge >= 0.3 is 0 Å². The van der Waals surface area contributed by atoms with Gasteiger partial charge in [-0.3, -0.25) is 13.4 Å². The van der Waals surface area contributed by atoms with Gasteiger partial charge in [-0.25, -0.2) is 4.31 Å². The SMILES string of the molecule is [B]C1CC(O)C(COP(=O)([O-])OP(=O)([O-])OP(=O)([O-])[O-])O1. The molecule has 0 spiro atoms. The van der Waals surface area contributed by atoms with Crippen molar-refractivity contribution in [2.24, 2.45) is 0 Å². The molecule has 1 N–H and O–H groups in total. The molecule has 1 aliphatic heterocycles. The fourth-order valence-corrected chi connectivity index (χ4v) is 4.22. The van der Waals surface area contributed by atoms with Crippen molar-refractivity contribution in [3.05, 3.63) is 0 Å². The van der Waals surface area contributed by atoms with Crippen molar-refractivity contribution in [3.8, 4) is 0 Å². The maximum Gasteiger partial charge on any atom is 0.278 e. The molecule has 21 heavy (non-hydrogen) atoms. The maximum atomic E-state index is 11.1. The summed E-state index contributed by atoms with van der Waals surface area (Å²) in [6.45, 7) is -0.845. The summed E-state index contributed by atoms with van der Waals surface area (Å²) in [5, 5.41) is 9.36. The van der Waals surface area contributed by atoms with Crippen LogP contribution in [0.1, 0.15) is 6.42 Å². The molecule has 0 saturated carbocycles. The van der Waals surface area contributed by atoms with Gasteiger partial charge in [0.25, 0.3) is 15.6 Å². The molecule has 5 unspecified atom stereocenters. The van der Waals surface area contributed by atoms with Crippen LogP contribution < -0.4 is 19.6 Å². The van der Waals surface area contributed by atoms with E-state index in [4.69, 9.17) is 12.6 Å². The van der Waals surface area contributed by atoms with Gasteiger partial charge in [-0.05, 0) is 6.42 Å². The first kappa shape index (κ1) is 19.4. The number of phosphoric ester groups is 1. The fraction of sp³-hybridized carbons (Fsp3) is 1.00. The molecule has 122 valence electrons. The molecule has 0 aromatic heterocycles. The van der Waals surface area contributed by atoms with Gasteiger partial charge in [0.05, 0.1) is 20.5 Å². The molecule has 1 heterocycles. The molecule has 0 aromatic rings. The molecule has 1 fully saturated rings. The molecule has 1 rings (SSSR count). The Labute approximate surface area is 119 Å². The number of rotatable bonds is 7. The Balaban J connectivity index is 2.56. The first-order valence-electron chi connectivity index (χ1n) is 5.10. The Hall–Kier alpha value is 0.395. The van der Waals surface area contributed by atoms with E-state index in [1.165, 1.54) is 0 Å². The highest BCUT2D eigenvalue weighted by Crippen LogP contribution is 2.60. The highest BCUT2D eigenvalue weighted by molar-refractivity contribution is 7.64. The number of aliphatic hydroxyl groups excluding tert-OH is 1. The van der Waals surface area contributed by atoms with Crippen LogP contribution in [0.15, 0.2) is 0 Å². The first-order chi connectivity index (χ1) is 9.30. The summed E-state index contributed by atoms with van der Waals surface area (Å²) < 4.78 is 47.3. The van der Waals surface area contributed by atoms with Crippen LogP contribution in [0.2, 0.25) is 0 Å². The molecule has 12 nitrogen and oxygen atoms in total. The van der Waals surface area contributed by atoms with Crippen molar-refractivity contribution in [2.45, 2.75) is 24.6 Å². The van der Waals surface area contributed by atoms with E-state index in [1.807, 2.05) is 0 Å². The lowest BCUT2D eigenvalue weighted by Crippen LogP contribution is -2.27. The lowest BCUT2D eigenvalue weighted by molar-refractivity contribution is -0.339. The summed E-state index contributed by atoms with van der Waals surface area (Å²) in [6, 6.07) is -0.860. The third-order valence-electron chi connectivity index (χ3n) is 2.05. The summed E-state index contributed by atoms with van der Waals surface area (Å²) in [5.41, 5.74) is 0.